The maximum Gasteiger partial charge on any atom is 0.223 e. The van der Waals surface area contributed by atoms with Crippen molar-refractivity contribution in [3.63, 3.8) is 0 Å². The number of amides is 1. The Bertz CT molecular complexity index is 700. The van der Waals surface area contributed by atoms with Gasteiger partial charge in [-0.1, -0.05) is 12.1 Å². The van der Waals surface area contributed by atoms with Crippen LogP contribution in [0.1, 0.15) is 41.9 Å². The zero-order valence-electron chi connectivity index (χ0n) is 14.4. The van der Waals surface area contributed by atoms with Gasteiger partial charge < -0.3 is 9.64 Å². The van der Waals surface area contributed by atoms with E-state index >= 15 is 0 Å². The fourth-order valence-electron chi connectivity index (χ4n) is 3.45. The molecule has 0 fully saturated rings. The Balaban J connectivity index is 1.67. The molecule has 1 aromatic heterocycles. The molecular formula is C20H24N2O2. The van der Waals surface area contributed by atoms with Crippen LogP contribution in [0.2, 0.25) is 0 Å². The van der Waals surface area contributed by atoms with Gasteiger partial charge in [0.05, 0.1) is 7.11 Å². The van der Waals surface area contributed by atoms with Gasteiger partial charge in [-0.3, -0.25) is 9.78 Å². The molecular weight excluding hydrogens is 300 g/mol. The van der Waals surface area contributed by atoms with Gasteiger partial charge in [-0.05, 0) is 60.1 Å². The number of ether oxygens (including phenoxy) is 1. The van der Waals surface area contributed by atoms with E-state index in [1.54, 1.807) is 18.2 Å². The standard InChI is InChI=1S/C20H24N2O2/c1-22(14-15-5-4-10-21-13-15)20(23)12-17-7-3-6-16-11-18(24-2)8-9-19(16)17/h4-5,8-11,13,17H,3,6-7,12,14H2,1-2H3/t17-/m0/s1. The Morgan fingerprint density at radius 2 is 2.25 bits per heavy atom. The van der Waals surface area contributed by atoms with Crippen molar-refractivity contribution in [1.82, 2.24) is 9.88 Å². The molecule has 126 valence electrons. The summed E-state index contributed by atoms with van der Waals surface area (Å²) in [5, 5.41) is 0. The molecule has 0 saturated carbocycles. The first-order valence-electron chi connectivity index (χ1n) is 8.47. The number of aromatic nitrogens is 1. The molecule has 0 saturated heterocycles. The fraction of sp³-hybridized carbons (Fsp3) is 0.400. The van der Waals surface area contributed by atoms with Crippen molar-refractivity contribution < 1.29 is 9.53 Å². The molecule has 0 aliphatic heterocycles. The largest absolute Gasteiger partial charge is 0.497 e. The van der Waals surface area contributed by atoms with Gasteiger partial charge in [0.25, 0.3) is 0 Å². The minimum absolute atomic E-state index is 0.188. The Labute approximate surface area is 143 Å². The van der Waals surface area contributed by atoms with Crippen LogP contribution in [0, 0.1) is 0 Å². The second-order valence-corrected chi connectivity index (χ2v) is 6.47. The number of hydrogen-bond donors (Lipinski definition) is 0. The highest BCUT2D eigenvalue weighted by Gasteiger charge is 2.24. The van der Waals surface area contributed by atoms with Crippen LogP contribution >= 0.6 is 0 Å². The number of methoxy groups -OCH3 is 1. The van der Waals surface area contributed by atoms with E-state index in [0.29, 0.717) is 18.9 Å². The third kappa shape index (κ3) is 3.75. The van der Waals surface area contributed by atoms with E-state index in [1.165, 1.54) is 11.1 Å². The summed E-state index contributed by atoms with van der Waals surface area (Å²) in [6.07, 6.45) is 7.40. The first-order valence-corrected chi connectivity index (χ1v) is 8.47. The molecule has 1 aliphatic carbocycles. The van der Waals surface area contributed by atoms with E-state index in [1.807, 2.05) is 31.4 Å². The monoisotopic (exact) mass is 324 g/mol. The number of fused-ring (bicyclic) bond motifs is 1. The van der Waals surface area contributed by atoms with Crippen molar-refractivity contribution in [3.8, 4) is 5.75 Å². The quantitative estimate of drug-likeness (QED) is 0.844. The first-order chi connectivity index (χ1) is 11.7. The van der Waals surface area contributed by atoms with Gasteiger partial charge >= 0.3 is 0 Å². The second-order valence-electron chi connectivity index (χ2n) is 6.47. The van der Waals surface area contributed by atoms with Crippen LogP contribution in [0.5, 0.6) is 5.75 Å². The zero-order valence-corrected chi connectivity index (χ0v) is 14.4. The van der Waals surface area contributed by atoms with E-state index in [4.69, 9.17) is 4.74 Å². The van der Waals surface area contributed by atoms with Gasteiger partial charge in [0.2, 0.25) is 5.91 Å². The predicted octanol–water partition coefficient (Wildman–Crippen LogP) is 3.56. The predicted molar refractivity (Wildman–Crippen MR) is 94.0 cm³/mol. The molecule has 0 N–H and O–H groups in total. The Morgan fingerprint density at radius 3 is 3.00 bits per heavy atom. The fourth-order valence-corrected chi connectivity index (χ4v) is 3.45. The first kappa shape index (κ1) is 16.5. The van der Waals surface area contributed by atoms with Crippen LogP contribution in [0.25, 0.3) is 0 Å². The SMILES string of the molecule is COc1ccc2c(c1)CCC[C@H]2CC(=O)N(C)Cc1cccnc1. The molecule has 0 spiro atoms. The summed E-state index contributed by atoms with van der Waals surface area (Å²) in [6.45, 7) is 0.606. The maximum atomic E-state index is 12.6. The number of carbonyl (C=O) groups is 1. The molecule has 1 atom stereocenters. The number of pyridine rings is 1. The lowest BCUT2D eigenvalue weighted by molar-refractivity contribution is -0.130. The van der Waals surface area contributed by atoms with Crippen LogP contribution in [0.4, 0.5) is 0 Å². The molecule has 0 bridgehead atoms. The number of carbonyl (C=O) groups excluding carboxylic acids is 1. The molecule has 0 radical (unpaired) electrons. The number of aryl methyl sites for hydroxylation is 1. The molecule has 1 amide bonds. The van der Waals surface area contributed by atoms with Crippen molar-refractivity contribution >= 4 is 5.91 Å². The average molecular weight is 324 g/mol. The van der Waals surface area contributed by atoms with Crippen molar-refractivity contribution in [2.45, 2.75) is 38.1 Å². The normalized spacial score (nSPS) is 16.3. The smallest absolute Gasteiger partial charge is 0.223 e. The summed E-state index contributed by atoms with van der Waals surface area (Å²) in [5.41, 5.74) is 3.70. The summed E-state index contributed by atoms with van der Waals surface area (Å²) in [4.78, 5) is 18.5. The molecule has 1 aromatic carbocycles. The molecule has 24 heavy (non-hydrogen) atoms. The molecule has 0 unspecified atom stereocenters. The van der Waals surface area contributed by atoms with Crippen molar-refractivity contribution in [2.24, 2.45) is 0 Å². The lowest BCUT2D eigenvalue weighted by atomic mass is 9.80. The van der Waals surface area contributed by atoms with E-state index in [2.05, 4.69) is 17.1 Å². The zero-order chi connectivity index (χ0) is 16.9. The summed E-state index contributed by atoms with van der Waals surface area (Å²) >= 11 is 0. The van der Waals surface area contributed by atoms with E-state index in [-0.39, 0.29) is 5.91 Å². The lowest BCUT2D eigenvalue weighted by Gasteiger charge is -2.27. The average Bonchev–Trinajstić information content (AvgIpc) is 2.62. The summed E-state index contributed by atoms with van der Waals surface area (Å²) in [7, 11) is 3.56. The number of rotatable bonds is 5. The Hall–Kier alpha value is -2.36. The van der Waals surface area contributed by atoms with Gasteiger partial charge in [0.15, 0.2) is 0 Å². The summed E-state index contributed by atoms with van der Waals surface area (Å²) in [5.74, 6) is 1.39. The van der Waals surface area contributed by atoms with Crippen LogP contribution in [-0.4, -0.2) is 29.9 Å². The molecule has 2 aromatic rings. The van der Waals surface area contributed by atoms with Gasteiger partial charge in [-0.15, -0.1) is 0 Å². The van der Waals surface area contributed by atoms with Crippen molar-refractivity contribution in [2.75, 3.05) is 14.2 Å². The molecule has 3 rings (SSSR count). The van der Waals surface area contributed by atoms with Crippen molar-refractivity contribution in [1.29, 1.82) is 0 Å². The summed E-state index contributed by atoms with van der Waals surface area (Å²) < 4.78 is 5.32. The molecule has 1 aliphatic rings. The van der Waals surface area contributed by atoms with E-state index in [9.17, 15) is 4.79 Å². The van der Waals surface area contributed by atoms with Crippen LogP contribution < -0.4 is 4.74 Å². The third-order valence-corrected chi connectivity index (χ3v) is 4.78. The highest BCUT2D eigenvalue weighted by molar-refractivity contribution is 5.77. The van der Waals surface area contributed by atoms with Crippen LogP contribution in [0.15, 0.2) is 42.7 Å². The minimum Gasteiger partial charge on any atom is -0.497 e. The summed E-state index contributed by atoms with van der Waals surface area (Å²) in [6, 6.07) is 10.1. The van der Waals surface area contributed by atoms with Gasteiger partial charge in [-0.2, -0.15) is 0 Å². The Morgan fingerprint density at radius 1 is 1.38 bits per heavy atom. The van der Waals surface area contributed by atoms with E-state index < -0.39 is 0 Å². The Kier molecular flexibility index (Phi) is 5.14. The van der Waals surface area contributed by atoms with Crippen LogP contribution in [-0.2, 0) is 17.8 Å². The van der Waals surface area contributed by atoms with Crippen LogP contribution in [0.3, 0.4) is 0 Å². The maximum absolute atomic E-state index is 12.6. The molecule has 1 heterocycles. The third-order valence-electron chi connectivity index (χ3n) is 4.78. The number of nitrogens with zero attached hydrogens (tertiary/aromatic N) is 2. The highest BCUT2D eigenvalue weighted by atomic mass is 16.5. The topological polar surface area (TPSA) is 42.4 Å². The lowest BCUT2D eigenvalue weighted by Crippen LogP contribution is -2.28. The second kappa shape index (κ2) is 7.47. The minimum atomic E-state index is 0.188. The molecule has 4 heteroatoms. The van der Waals surface area contributed by atoms with Crippen molar-refractivity contribution in [3.05, 3.63) is 59.4 Å². The van der Waals surface area contributed by atoms with Gasteiger partial charge in [0, 0.05) is 32.4 Å². The van der Waals surface area contributed by atoms with Gasteiger partial charge in [-0.25, -0.2) is 0 Å². The highest BCUT2D eigenvalue weighted by Crippen LogP contribution is 2.36. The van der Waals surface area contributed by atoms with Gasteiger partial charge in [0.1, 0.15) is 5.75 Å². The number of benzene rings is 1. The molecule has 4 nitrogen and oxygen atoms in total. The number of hydrogen-bond acceptors (Lipinski definition) is 3. The van der Waals surface area contributed by atoms with E-state index in [0.717, 1.165) is 30.6 Å².